The molecular weight excluding hydrogens is 274 g/mol. The van der Waals surface area contributed by atoms with Crippen molar-refractivity contribution in [2.24, 2.45) is 5.73 Å². The van der Waals surface area contributed by atoms with Gasteiger partial charge in [-0.05, 0) is 13.8 Å². The van der Waals surface area contributed by atoms with Crippen molar-refractivity contribution in [2.45, 2.75) is 26.4 Å². The smallest absolute Gasteiger partial charge is 0.278 e. The predicted molar refractivity (Wildman–Crippen MR) is 76.6 cm³/mol. The molecule has 1 aromatic heterocycles. The van der Waals surface area contributed by atoms with Gasteiger partial charge in [-0.3, -0.25) is 24.8 Å². The standard InChI is InChI=1S/C13H19N5O3/c1-8-5-16-10(9(2)12(8)18(20)21)7-17-4-3-15-6-11(17)13(14)19/h5,11,15H,3-4,6-7H2,1-2H3,(H2,14,19). The zero-order valence-electron chi connectivity index (χ0n) is 12.1. The quantitative estimate of drug-likeness (QED) is 0.590. The fraction of sp³-hybridized carbons (Fsp3) is 0.538. The van der Waals surface area contributed by atoms with Crippen molar-refractivity contribution in [3.05, 3.63) is 33.1 Å². The van der Waals surface area contributed by atoms with Gasteiger partial charge in [0.2, 0.25) is 5.91 Å². The number of carbonyl (C=O) groups excluding carboxylic acids is 1. The average Bonchev–Trinajstić information content (AvgIpc) is 2.42. The van der Waals surface area contributed by atoms with Crippen LogP contribution in [0.5, 0.6) is 0 Å². The van der Waals surface area contributed by atoms with Gasteiger partial charge in [0.1, 0.15) is 6.04 Å². The summed E-state index contributed by atoms with van der Waals surface area (Å²) in [5.74, 6) is -0.401. The minimum atomic E-state index is -0.416. The highest BCUT2D eigenvalue weighted by atomic mass is 16.6. The van der Waals surface area contributed by atoms with Gasteiger partial charge < -0.3 is 11.1 Å². The van der Waals surface area contributed by atoms with Crippen LogP contribution in [0.3, 0.4) is 0 Å². The van der Waals surface area contributed by atoms with Crippen LogP contribution < -0.4 is 11.1 Å². The third kappa shape index (κ3) is 3.17. The number of carbonyl (C=O) groups is 1. The van der Waals surface area contributed by atoms with Gasteiger partial charge in [0.15, 0.2) is 0 Å². The molecule has 0 aromatic carbocycles. The molecular formula is C13H19N5O3. The first-order chi connectivity index (χ1) is 9.91. The monoisotopic (exact) mass is 293 g/mol. The maximum atomic E-state index is 11.5. The lowest BCUT2D eigenvalue weighted by Crippen LogP contribution is -2.56. The lowest BCUT2D eigenvalue weighted by Gasteiger charge is -2.34. The van der Waals surface area contributed by atoms with Crippen molar-refractivity contribution in [1.29, 1.82) is 0 Å². The Balaban J connectivity index is 2.28. The molecule has 1 aliphatic heterocycles. The van der Waals surface area contributed by atoms with Crippen molar-refractivity contribution < 1.29 is 9.72 Å². The Kier molecular flexibility index (Phi) is 4.49. The van der Waals surface area contributed by atoms with Crippen LogP contribution >= 0.6 is 0 Å². The maximum Gasteiger partial charge on any atom is 0.278 e. The summed E-state index contributed by atoms with van der Waals surface area (Å²) in [5.41, 5.74) is 7.18. The number of rotatable bonds is 4. The largest absolute Gasteiger partial charge is 0.368 e. The van der Waals surface area contributed by atoms with E-state index in [1.807, 2.05) is 4.90 Å². The summed E-state index contributed by atoms with van der Waals surface area (Å²) in [6.45, 7) is 5.62. The number of pyridine rings is 1. The van der Waals surface area contributed by atoms with Crippen LogP contribution in [0.4, 0.5) is 5.69 Å². The molecule has 114 valence electrons. The zero-order valence-corrected chi connectivity index (χ0v) is 12.1. The third-order valence-electron chi connectivity index (χ3n) is 3.79. The fourth-order valence-electron chi connectivity index (χ4n) is 2.61. The minimum absolute atomic E-state index is 0.0887. The SMILES string of the molecule is Cc1cnc(CN2CCNCC2C(N)=O)c(C)c1[N+](=O)[O-]. The van der Waals surface area contributed by atoms with Gasteiger partial charge in [0, 0.05) is 43.5 Å². The number of primary amides is 1. The summed E-state index contributed by atoms with van der Waals surface area (Å²) >= 11 is 0. The highest BCUT2D eigenvalue weighted by Gasteiger charge is 2.28. The van der Waals surface area contributed by atoms with Crippen LogP contribution in [0, 0.1) is 24.0 Å². The Morgan fingerprint density at radius 3 is 2.95 bits per heavy atom. The van der Waals surface area contributed by atoms with E-state index in [-0.39, 0.29) is 10.6 Å². The topological polar surface area (TPSA) is 114 Å². The number of piperazine rings is 1. The highest BCUT2D eigenvalue weighted by Crippen LogP contribution is 2.25. The Morgan fingerprint density at radius 2 is 2.33 bits per heavy atom. The molecule has 2 heterocycles. The molecule has 1 amide bonds. The van der Waals surface area contributed by atoms with Gasteiger partial charge in [-0.2, -0.15) is 0 Å². The van der Waals surface area contributed by atoms with E-state index in [2.05, 4.69) is 10.3 Å². The lowest BCUT2D eigenvalue weighted by molar-refractivity contribution is -0.386. The molecule has 1 atom stereocenters. The van der Waals surface area contributed by atoms with E-state index in [1.54, 1.807) is 13.8 Å². The summed E-state index contributed by atoms with van der Waals surface area (Å²) in [5, 5.41) is 14.3. The van der Waals surface area contributed by atoms with Gasteiger partial charge in [-0.1, -0.05) is 0 Å². The van der Waals surface area contributed by atoms with Gasteiger partial charge in [0.25, 0.3) is 5.69 Å². The van der Waals surface area contributed by atoms with Gasteiger partial charge >= 0.3 is 0 Å². The van der Waals surface area contributed by atoms with Crippen molar-refractivity contribution in [2.75, 3.05) is 19.6 Å². The van der Waals surface area contributed by atoms with E-state index >= 15 is 0 Å². The van der Waals surface area contributed by atoms with Crippen LogP contribution in [-0.2, 0) is 11.3 Å². The third-order valence-corrected chi connectivity index (χ3v) is 3.79. The molecule has 2 rings (SSSR count). The molecule has 1 aromatic rings. The van der Waals surface area contributed by atoms with Gasteiger partial charge in [-0.25, -0.2) is 0 Å². The number of amides is 1. The predicted octanol–water partition coefficient (Wildman–Crippen LogP) is -0.134. The van der Waals surface area contributed by atoms with Gasteiger partial charge in [0.05, 0.1) is 10.6 Å². The molecule has 0 spiro atoms. The summed E-state index contributed by atoms with van der Waals surface area (Å²) < 4.78 is 0. The number of hydrogen-bond donors (Lipinski definition) is 2. The number of aromatic nitrogens is 1. The molecule has 0 saturated carbocycles. The normalized spacial score (nSPS) is 19.4. The molecule has 0 bridgehead atoms. The van der Waals surface area contributed by atoms with Crippen LogP contribution in [0.25, 0.3) is 0 Å². The first-order valence-corrected chi connectivity index (χ1v) is 6.75. The molecule has 8 heteroatoms. The second kappa shape index (κ2) is 6.15. The van der Waals surface area contributed by atoms with Crippen molar-refractivity contribution in [3.8, 4) is 0 Å². The van der Waals surface area contributed by atoms with Gasteiger partial charge in [-0.15, -0.1) is 0 Å². The number of nitro groups is 1. The lowest BCUT2D eigenvalue weighted by atomic mass is 10.1. The summed E-state index contributed by atoms with van der Waals surface area (Å²) in [6.07, 6.45) is 1.50. The second-order valence-corrected chi connectivity index (χ2v) is 5.21. The highest BCUT2D eigenvalue weighted by molar-refractivity contribution is 5.80. The van der Waals surface area contributed by atoms with E-state index < -0.39 is 11.9 Å². The minimum Gasteiger partial charge on any atom is -0.368 e. The van der Waals surface area contributed by atoms with E-state index in [0.717, 1.165) is 6.54 Å². The van der Waals surface area contributed by atoms with Crippen molar-refractivity contribution >= 4 is 11.6 Å². The number of nitrogens with one attached hydrogen (secondary N) is 1. The Bertz CT molecular complexity index is 575. The molecule has 1 fully saturated rings. The van der Waals surface area contributed by atoms with Crippen molar-refractivity contribution in [3.63, 3.8) is 0 Å². The Labute approximate surface area is 122 Å². The summed E-state index contributed by atoms with van der Waals surface area (Å²) in [6, 6.07) is -0.416. The molecule has 0 aliphatic carbocycles. The number of aryl methyl sites for hydroxylation is 1. The van der Waals surface area contributed by atoms with Crippen LogP contribution in [-0.4, -0.2) is 46.4 Å². The molecule has 1 aliphatic rings. The van der Waals surface area contributed by atoms with E-state index in [9.17, 15) is 14.9 Å². The summed E-state index contributed by atoms with van der Waals surface area (Å²) in [4.78, 5) is 28.4. The van der Waals surface area contributed by atoms with Crippen LogP contribution in [0.1, 0.15) is 16.8 Å². The van der Waals surface area contributed by atoms with E-state index in [1.165, 1.54) is 6.20 Å². The molecule has 3 N–H and O–H groups in total. The second-order valence-electron chi connectivity index (χ2n) is 5.21. The molecule has 1 saturated heterocycles. The van der Waals surface area contributed by atoms with E-state index in [4.69, 9.17) is 5.73 Å². The zero-order chi connectivity index (χ0) is 15.6. The number of nitrogens with two attached hydrogens (primary N) is 1. The van der Waals surface area contributed by atoms with Crippen molar-refractivity contribution in [1.82, 2.24) is 15.2 Å². The molecule has 21 heavy (non-hydrogen) atoms. The van der Waals surface area contributed by atoms with Crippen LogP contribution in [0.15, 0.2) is 6.20 Å². The number of hydrogen-bond acceptors (Lipinski definition) is 6. The summed E-state index contributed by atoms with van der Waals surface area (Å²) in [7, 11) is 0. The Hall–Kier alpha value is -2.06. The van der Waals surface area contributed by atoms with Crippen LogP contribution in [0.2, 0.25) is 0 Å². The first kappa shape index (κ1) is 15.3. The number of nitrogens with zero attached hydrogens (tertiary/aromatic N) is 3. The molecule has 8 nitrogen and oxygen atoms in total. The molecule has 1 unspecified atom stereocenters. The van der Waals surface area contributed by atoms with E-state index in [0.29, 0.717) is 36.5 Å². The Morgan fingerprint density at radius 1 is 1.62 bits per heavy atom. The maximum absolute atomic E-state index is 11.5. The molecule has 0 radical (unpaired) electrons. The fourth-order valence-corrected chi connectivity index (χ4v) is 2.61. The first-order valence-electron chi connectivity index (χ1n) is 6.75. The average molecular weight is 293 g/mol.